The summed E-state index contributed by atoms with van der Waals surface area (Å²) < 4.78 is 5.84. The Morgan fingerprint density at radius 2 is 1.61 bits per heavy atom. The Hall–Kier alpha value is -0.120. The molecule has 4 aliphatic rings. The fourth-order valence-electron chi connectivity index (χ4n) is 5.29. The number of nitrogens with two attached hydrogens (primary N) is 1. The van der Waals surface area contributed by atoms with Crippen molar-refractivity contribution >= 4 is 0 Å². The minimum absolute atomic E-state index is 0.301. The molecule has 0 heterocycles. The fourth-order valence-corrected chi connectivity index (χ4v) is 5.29. The maximum Gasteiger partial charge on any atom is 0.0642 e. The lowest BCUT2D eigenvalue weighted by atomic mass is 9.48. The molecular weight excluding hydrogens is 224 g/mol. The standard InChI is InChI=1S/C15H28N2O/c1-10(2)18-9-14(17-16)15-6-11-3-12(7-15)5-13(4-11)8-15/h10-14,17H,3-9,16H2,1-2H3. The van der Waals surface area contributed by atoms with Crippen molar-refractivity contribution in [2.75, 3.05) is 6.61 Å². The molecule has 0 aromatic carbocycles. The van der Waals surface area contributed by atoms with E-state index in [4.69, 9.17) is 10.6 Å². The van der Waals surface area contributed by atoms with Crippen LogP contribution < -0.4 is 11.3 Å². The van der Waals surface area contributed by atoms with Crippen molar-refractivity contribution in [3.8, 4) is 0 Å². The van der Waals surface area contributed by atoms with Crippen LogP contribution in [0.5, 0.6) is 0 Å². The van der Waals surface area contributed by atoms with E-state index in [1.807, 2.05) is 0 Å². The summed E-state index contributed by atoms with van der Waals surface area (Å²) >= 11 is 0. The van der Waals surface area contributed by atoms with Crippen LogP contribution >= 0.6 is 0 Å². The first-order chi connectivity index (χ1) is 8.61. The molecule has 1 atom stereocenters. The van der Waals surface area contributed by atoms with Gasteiger partial charge in [-0.15, -0.1) is 0 Å². The number of ether oxygens (including phenoxy) is 1. The van der Waals surface area contributed by atoms with Gasteiger partial charge in [0, 0.05) is 0 Å². The molecule has 3 N–H and O–H groups in total. The minimum atomic E-state index is 0.301. The average molecular weight is 252 g/mol. The first kappa shape index (κ1) is 12.9. The van der Waals surface area contributed by atoms with E-state index in [0.717, 1.165) is 24.4 Å². The summed E-state index contributed by atoms with van der Waals surface area (Å²) in [5.74, 6) is 8.78. The highest BCUT2D eigenvalue weighted by Gasteiger charge is 2.54. The van der Waals surface area contributed by atoms with Gasteiger partial charge in [0.25, 0.3) is 0 Å². The molecule has 1 unspecified atom stereocenters. The lowest BCUT2D eigenvalue weighted by Gasteiger charge is -2.59. The summed E-state index contributed by atoms with van der Waals surface area (Å²) in [7, 11) is 0. The van der Waals surface area contributed by atoms with Crippen LogP contribution in [0.15, 0.2) is 0 Å². The summed E-state index contributed by atoms with van der Waals surface area (Å²) in [4.78, 5) is 0. The molecule has 0 amide bonds. The minimum Gasteiger partial charge on any atom is -0.377 e. The molecule has 3 heteroatoms. The predicted molar refractivity (Wildman–Crippen MR) is 72.8 cm³/mol. The zero-order valence-electron chi connectivity index (χ0n) is 11.8. The number of hydrogen-bond acceptors (Lipinski definition) is 3. The highest BCUT2D eigenvalue weighted by Crippen LogP contribution is 2.61. The van der Waals surface area contributed by atoms with Crippen LogP contribution in [-0.2, 0) is 4.74 Å². The highest BCUT2D eigenvalue weighted by atomic mass is 16.5. The molecule has 0 spiro atoms. The van der Waals surface area contributed by atoms with Gasteiger partial charge in [0.15, 0.2) is 0 Å². The largest absolute Gasteiger partial charge is 0.377 e. The molecule has 4 aliphatic carbocycles. The van der Waals surface area contributed by atoms with Gasteiger partial charge in [-0.2, -0.15) is 0 Å². The molecule has 4 saturated carbocycles. The summed E-state index contributed by atoms with van der Waals surface area (Å²) in [6.45, 7) is 4.99. The summed E-state index contributed by atoms with van der Waals surface area (Å²) in [6.07, 6.45) is 8.92. The van der Waals surface area contributed by atoms with Gasteiger partial charge < -0.3 is 4.74 Å². The molecule has 4 bridgehead atoms. The lowest BCUT2D eigenvalue weighted by Crippen LogP contribution is -2.59. The smallest absolute Gasteiger partial charge is 0.0642 e. The zero-order chi connectivity index (χ0) is 12.8. The monoisotopic (exact) mass is 252 g/mol. The van der Waals surface area contributed by atoms with Gasteiger partial charge in [0.2, 0.25) is 0 Å². The van der Waals surface area contributed by atoms with Crippen LogP contribution in [0.2, 0.25) is 0 Å². The van der Waals surface area contributed by atoms with Gasteiger partial charge >= 0.3 is 0 Å². The average Bonchev–Trinajstić information content (AvgIpc) is 2.26. The number of nitrogens with one attached hydrogen (secondary N) is 1. The molecule has 0 aromatic heterocycles. The van der Waals surface area contributed by atoms with Crippen LogP contribution in [0.1, 0.15) is 52.4 Å². The first-order valence-corrected chi connectivity index (χ1v) is 7.69. The highest BCUT2D eigenvalue weighted by molar-refractivity contribution is 5.05. The maximum absolute atomic E-state index is 5.85. The number of rotatable bonds is 5. The molecule has 0 radical (unpaired) electrons. The zero-order valence-corrected chi connectivity index (χ0v) is 11.8. The van der Waals surface area contributed by atoms with E-state index in [0.29, 0.717) is 17.6 Å². The van der Waals surface area contributed by atoms with Gasteiger partial charge in [-0.1, -0.05) is 0 Å². The van der Waals surface area contributed by atoms with Crippen molar-refractivity contribution in [3.05, 3.63) is 0 Å². The molecule has 104 valence electrons. The summed E-state index contributed by atoms with van der Waals surface area (Å²) in [5, 5.41) is 0. The Balaban J connectivity index is 1.72. The van der Waals surface area contributed by atoms with Crippen LogP contribution in [0.25, 0.3) is 0 Å². The maximum atomic E-state index is 5.85. The van der Waals surface area contributed by atoms with E-state index in [-0.39, 0.29) is 0 Å². The second kappa shape index (κ2) is 4.77. The van der Waals surface area contributed by atoms with Gasteiger partial charge in [-0.05, 0) is 75.5 Å². The SMILES string of the molecule is CC(C)OCC(NN)C12CC3CC(CC(C3)C1)C2. The topological polar surface area (TPSA) is 47.3 Å². The number of hydrogen-bond donors (Lipinski definition) is 2. The van der Waals surface area contributed by atoms with E-state index in [1.165, 1.54) is 38.5 Å². The van der Waals surface area contributed by atoms with E-state index in [9.17, 15) is 0 Å². The third-order valence-corrected chi connectivity index (χ3v) is 5.62. The van der Waals surface area contributed by atoms with E-state index in [2.05, 4.69) is 19.3 Å². The third-order valence-electron chi connectivity index (χ3n) is 5.62. The second-order valence-electron chi connectivity index (χ2n) is 7.38. The van der Waals surface area contributed by atoms with E-state index < -0.39 is 0 Å². The molecule has 0 aromatic rings. The molecule has 18 heavy (non-hydrogen) atoms. The van der Waals surface area contributed by atoms with Gasteiger partial charge in [0.1, 0.15) is 0 Å². The Morgan fingerprint density at radius 1 is 1.11 bits per heavy atom. The summed E-state index contributed by atoms with van der Waals surface area (Å²) in [5.41, 5.74) is 3.53. The fraction of sp³-hybridized carbons (Fsp3) is 1.00. The Labute approximate surface area is 111 Å². The first-order valence-electron chi connectivity index (χ1n) is 7.69. The second-order valence-corrected chi connectivity index (χ2v) is 7.38. The molecule has 4 rings (SSSR count). The van der Waals surface area contributed by atoms with Gasteiger partial charge in [-0.25, -0.2) is 0 Å². The van der Waals surface area contributed by atoms with Gasteiger partial charge in [-0.3, -0.25) is 11.3 Å². The Morgan fingerprint density at radius 3 is 2.00 bits per heavy atom. The molecule has 3 nitrogen and oxygen atoms in total. The quantitative estimate of drug-likeness (QED) is 0.583. The Kier molecular flexibility index (Phi) is 3.41. The van der Waals surface area contributed by atoms with E-state index in [1.54, 1.807) is 0 Å². The van der Waals surface area contributed by atoms with Crippen LogP contribution in [0.3, 0.4) is 0 Å². The van der Waals surface area contributed by atoms with Gasteiger partial charge in [0.05, 0.1) is 18.8 Å². The normalized spacial score (nSPS) is 43.7. The summed E-state index contributed by atoms with van der Waals surface area (Å²) in [6, 6.07) is 0.355. The van der Waals surface area contributed by atoms with Crippen molar-refractivity contribution in [2.45, 2.75) is 64.5 Å². The number of hydrazine groups is 1. The molecule has 0 saturated heterocycles. The van der Waals surface area contributed by atoms with Crippen molar-refractivity contribution in [1.29, 1.82) is 0 Å². The molecular formula is C15H28N2O. The molecule has 4 fully saturated rings. The van der Waals surface area contributed by atoms with Crippen molar-refractivity contribution < 1.29 is 4.74 Å². The Bertz CT molecular complexity index is 268. The van der Waals surface area contributed by atoms with Crippen molar-refractivity contribution in [2.24, 2.45) is 29.0 Å². The molecule has 0 aliphatic heterocycles. The predicted octanol–water partition coefficient (Wildman–Crippen LogP) is 2.46. The lowest BCUT2D eigenvalue weighted by molar-refractivity contribution is -0.0932. The van der Waals surface area contributed by atoms with Crippen LogP contribution in [-0.4, -0.2) is 18.8 Å². The van der Waals surface area contributed by atoms with E-state index >= 15 is 0 Å². The van der Waals surface area contributed by atoms with Crippen LogP contribution in [0.4, 0.5) is 0 Å². The van der Waals surface area contributed by atoms with Crippen LogP contribution in [0, 0.1) is 23.2 Å². The third kappa shape index (κ3) is 2.21. The van der Waals surface area contributed by atoms with Crippen molar-refractivity contribution in [3.63, 3.8) is 0 Å². The van der Waals surface area contributed by atoms with Crippen molar-refractivity contribution in [1.82, 2.24) is 5.43 Å².